The fraction of sp³-hybridized carbons (Fsp3) is 0. The van der Waals surface area contributed by atoms with Crippen LogP contribution >= 0.6 is 51.3 Å². The minimum Gasteiger partial charge on any atom is -0.409 e. The molecule has 3 rings (SSSR count). The van der Waals surface area contributed by atoms with Gasteiger partial charge in [0.05, 0.1) is 21.1 Å². The fourth-order valence-corrected chi connectivity index (χ4v) is 2.94. The summed E-state index contributed by atoms with van der Waals surface area (Å²) in [5.74, 6) is -0.576. The topological polar surface area (TPSA) is 35.1 Å². The molecule has 106 valence electrons. The van der Waals surface area contributed by atoms with Gasteiger partial charge in [0.2, 0.25) is 0 Å². The molecule has 0 saturated carbocycles. The van der Waals surface area contributed by atoms with E-state index in [0.29, 0.717) is 31.3 Å². The molecule has 1 aromatic heterocycles. The minimum absolute atomic E-state index is 0.338. The summed E-state index contributed by atoms with van der Waals surface area (Å²) < 4.78 is 7.77. The summed E-state index contributed by atoms with van der Waals surface area (Å²) in [4.78, 5) is 12.2. The van der Waals surface area contributed by atoms with Crippen molar-refractivity contribution >= 4 is 62.3 Å². The summed E-state index contributed by atoms with van der Waals surface area (Å²) in [6.45, 7) is 0. The standard InChI is InChI=1S/C14H6BrCl2NO2S/c15-7-1-4-12-9(5-7)13(21)18(14(19)20-12)8-2-3-10(16)11(17)6-8/h1-6H. The second-order valence-corrected chi connectivity index (χ2v) is 6.36. The van der Waals surface area contributed by atoms with Gasteiger partial charge in [-0.25, -0.2) is 9.36 Å². The summed E-state index contributed by atoms with van der Waals surface area (Å²) in [6, 6.07) is 10.1. The SMILES string of the molecule is O=c1oc2ccc(Br)cc2c(=S)n1-c1ccc(Cl)c(Cl)c1. The number of nitrogens with zero attached hydrogens (tertiary/aromatic N) is 1. The Kier molecular flexibility index (Phi) is 3.92. The Bertz CT molecular complexity index is 981. The van der Waals surface area contributed by atoms with Crippen LogP contribution in [0.15, 0.2) is 50.1 Å². The zero-order chi connectivity index (χ0) is 15.1. The van der Waals surface area contributed by atoms with Gasteiger partial charge in [0.25, 0.3) is 0 Å². The highest BCUT2D eigenvalue weighted by molar-refractivity contribution is 9.10. The Morgan fingerprint density at radius 2 is 1.86 bits per heavy atom. The normalized spacial score (nSPS) is 11.0. The van der Waals surface area contributed by atoms with Gasteiger partial charge in [-0.3, -0.25) is 0 Å². The van der Waals surface area contributed by atoms with Gasteiger partial charge in [-0.2, -0.15) is 0 Å². The third kappa shape index (κ3) is 2.66. The number of aromatic nitrogens is 1. The van der Waals surface area contributed by atoms with Crippen LogP contribution in [0.5, 0.6) is 0 Å². The number of benzene rings is 2. The van der Waals surface area contributed by atoms with E-state index < -0.39 is 5.76 Å². The zero-order valence-corrected chi connectivity index (χ0v) is 14.2. The summed E-state index contributed by atoms with van der Waals surface area (Å²) in [7, 11) is 0. The lowest BCUT2D eigenvalue weighted by Gasteiger charge is -2.08. The van der Waals surface area contributed by atoms with Gasteiger partial charge in [0, 0.05) is 4.47 Å². The lowest BCUT2D eigenvalue weighted by molar-refractivity contribution is 0.507. The number of rotatable bonds is 1. The van der Waals surface area contributed by atoms with E-state index in [1.165, 1.54) is 4.57 Å². The highest BCUT2D eigenvalue weighted by Crippen LogP contribution is 2.26. The predicted molar refractivity (Wildman–Crippen MR) is 90.4 cm³/mol. The van der Waals surface area contributed by atoms with Crippen molar-refractivity contribution in [2.75, 3.05) is 0 Å². The van der Waals surface area contributed by atoms with Gasteiger partial charge in [0.1, 0.15) is 10.2 Å². The lowest BCUT2D eigenvalue weighted by atomic mass is 10.2. The average Bonchev–Trinajstić information content (AvgIpc) is 2.44. The van der Waals surface area contributed by atoms with Crippen LogP contribution in [-0.2, 0) is 0 Å². The van der Waals surface area contributed by atoms with E-state index in [9.17, 15) is 4.79 Å². The molecule has 0 N–H and O–H groups in total. The summed E-state index contributed by atoms with van der Waals surface area (Å²) in [6.07, 6.45) is 0. The van der Waals surface area contributed by atoms with Crippen molar-refractivity contribution in [2.24, 2.45) is 0 Å². The maximum absolute atomic E-state index is 12.2. The van der Waals surface area contributed by atoms with Crippen molar-refractivity contribution in [3.8, 4) is 5.69 Å². The number of fused-ring (bicyclic) bond motifs is 1. The quantitative estimate of drug-likeness (QED) is 0.512. The molecular weight excluding hydrogens is 397 g/mol. The molecule has 0 saturated heterocycles. The molecule has 3 nitrogen and oxygen atoms in total. The molecule has 0 bridgehead atoms. The summed E-state index contributed by atoms with van der Waals surface area (Å²) in [5, 5.41) is 1.40. The third-order valence-corrected chi connectivity index (χ3v) is 4.55. The summed E-state index contributed by atoms with van der Waals surface area (Å²) in [5.41, 5.74) is 0.939. The Morgan fingerprint density at radius 1 is 1.10 bits per heavy atom. The van der Waals surface area contributed by atoms with E-state index in [1.807, 2.05) is 0 Å². The molecule has 0 spiro atoms. The number of hydrogen-bond acceptors (Lipinski definition) is 3. The molecule has 0 aliphatic heterocycles. The Morgan fingerprint density at radius 3 is 2.57 bits per heavy atom. The van der Waals surface area contributed by atoms with Crippen LogP contribution in [0.2, 0.25) is 10.0 Å². The first-order chi connectivity index (χ1) is 9.97. The van der Waals surface area contributed by atoms with Gasteiger partial charge in [-0.05, 0) is 36.4 Å². The first kappa shape index (κ1) is 14.8. The van der Waals surface area contributed by atoms with Crippen molar-refractivity contribution in [2.45, 2.75) is 0 Å². The molecule has 21 heavy (non-hydrogen) atoms. The van der Waals surface area contributed by atoms with Crippen LogP contribution in [0.25, 0.3) is 16.7 Å². The first-order valence-corrected chi connectivity index (χ1v) is 7.74. The largest absolute Gasteiger partial charge is 0.425 e. The first-order valence-electron chi connectivity index (χ1n) is 5.78. The number of hydrogen-bond donors (Lipinski definition) is 0. The zero-order valence-electron chi connectivity index (χ0n) is 10.3. The van der Waals surface area contributed by atoms with Crippen LogP contribution < -0.4 is 5.76 Å². The highest BCUT2D eigenvalue weighted by atomic mass is 79.9. The Balaban J connectivity index is 2.39. The molecule has 7 heteroatoms. The second-order valence-electron chi connectivity index (χ2n) is 4.25. The molecule has 0 atom stereocenters. The van der Waals surface area contributed by atoms with E-state index >= 15 is 0 Å². The van der Waals surface area contributed by atoms with E-state index in [1.54, 1.807) is 36.4 Å². The highest BCUT2D eigenvalue weighted by Gasteiger charge is 2.10. The molecule has 3 aromatic rings. The van der Waals surface area contributed by atoms with Crippen molar-refractivity contribution in [3.05, 3.63) is 66.1 Å². The van der Waals surface area contributed by atoms with Gasteiger partial charge in [0.15, 0.2) is 0 Å². The molecule has 0 unspecified atom stereocenters. The predicted octanol–water partition coefficient (Wildman–Crippen LogP) is 5.38. The van der Waals surface area contributed by atoms with Gasteiger partial charge in [-0.15, -0.1) is 0 Å². The van der Waals surface area contributed by atoms with Crippen LogP contribution in [0.4, 0.5) is 0 Å². The van der Waals surface area contributed by atoms with Crippen molar-refractivity contribution < 1.29 is 4.42 Å². The van der Waals surface area contributed by atoms with Crippen LogP contribution in [-0.4, -0.2) is 4.57 Å². The van der Waals surface area contributed by atoms with E-state index in [2.05, 4.69) is 15.9 Å². The lowest BCUT2D eigenvalue weighted by Crippen LogP contribution is -2.18. The van der Waals surface area contributed by atoms with Crippen LogP contribution in [0.3, 0.4) is 0 Å². The molecule has 0 aliphatic carbocycles. The smallest absolute Gasteiger partial charge is 0.409 e. The van der Waals surface area contributed by atoms with Crippen LogP contribution in [0, 0.1) is 4.64 Å². The second kappa shape index (κ2) is 5.57. The molecule has 0 radical (unpaired) electrons. The Hall–Kier alpha value is -1.14. The molecular formula is C14H6BrCl2NO2S. The monoisotopic (exact) mass is 401 g/mol. The van der Waals surface area contributed by atoms with Gasteiger partial charge >= 0.3 is 5.76 Å². The van der Waals surface area contributed by atoms with Crippen LogP contribution in [0.1, 0.15) is 0 Å². The number of halogens is 3. The molecule has 2 aromatic carbocycles. The average molecular weight is 403 g/mol. The summed E-state index contributed by atoms with van der Waals surface area (Å²) >= 11 is 20.7. The van der Waals surface area contributed by atoms with Crippen molar-refractivity contribution in [3.63, 3.8) is 0 Å². The van der Waals surface area contributed by atoms with Crippen molar-refractivity contribution in [1.29, 1.82) is 0 Å². The van der Waals surface area contributed by atoms with Gasteiger partial charge < -0.3 is 4.42 Å². The van der Waals surface area contributed by atoms with E-state index in [4.69, 9.17) is 39.8 Å². The fourth-order valence-electron chi connectivity index (χ4n) is 1.95. The molecule has 1 heterocycles. The Labute approximate surface area is 142 Å². The minimum atomic E-state index is -0.576. The van der Waals surface area contributed by atoms with Crippen molar-refractivity contribution in [1.82, 2.24) is 4.57 Å². The van der Waals surface area contributed by atoms with E-state index in [0.717, 1.165) is 4.47 Å². The van der Waals surface area contributed by atoms with Gasteiger partial charge in [-0.1, -0.05) is 51.3 Å². The third-order valence-electron chi connectivity index (χ3n) is 2.92. The van der Waals surface area contributed by atoms with E-state index in [-0.39, 0.29) is 0 Å². The molecule has 0 amide bonds. The molecule has 0 fully saturated rings. The molecule has 0 aliphatic rings. The maximum atomic E-state index is 12.2. The maximum Gasteiger partial charge on any atom is 0.425 e.